The van der Waals surface area contributed by atoms with Crippen LogP contribution >= 0.6 is 0 Å². The fourth-order valence-corrected chi connectivity index (χ4v) is 2.95. The first-order valence-electron chi connectivity index (χ1n) is 8.39. The predicted molar refractivity (Wildman–Crippen MR) is 94.1 cm³/mol. The lowest BCUT2D eigenvalue weighted by atomic mass is 10.0. The number of benzene rings is 1. The van der Waals surface area contributed by atoms with E-state index in [1.807, 2.05) is 13.0 Å². The molecular formula is C19H22NO6-. The van der Waals surface area contributed by atoms with Crippen molar-refractivity contribution < 1.29 is 23.8 Å². The van der Waals surface area contributed by atoms with Gasteiger partial charge in [-0.2, -0.15) is 0 Å². The Hall–Kier alpha value is -2.83. The van der Waals surface area contributed by atoms with Crippen molar-refractivity contribution in [1.29, 1.82) is 0 Å². The van der Waals surface area contributed by atoms with E-state index in [-0.39, 0.29) is 18.4 Å². The molecule has 0 spiro atoms. The first-order chi connectivity index (χ1) is 12.3. The van der Waals surface area contributed by atoms with Gasteiger partial charge in [0.15, 0.2) is 0 Å². The minimum absolute atomic E-state index is 0.172. The monoisotopic (exact) mass is 360 g/mol. The Balaban J connectivity index is 2.41. The number of hydrogen-bond acceptors (Lipinski definition) is 6. The standard InChI is InChI=1S/C19H23NO6/c1-5-6-13(18(22)23)20-16(21)9-12-11(3)17-14(25-4)7-10(2)8-15(17)26-19(12)24/h7-8,13H,5-6,9H2,1-4H3,(H,20,21)(H,22,23)/p-1/t13-/m1/s1. The average molecular weight is 360 g/mol. The number of aliphatic carboxylic acids is 1. The van der Waals surface area contributed by atoms with Crippen LogP contribution in [0.15, 0.2) is 21.3 Å². The maximum absolute atomic E-state index is 12.3. The minimum atomic E-state index is -1.35. The van der Waals surface area contributed by atoms with Gasteiger partial charge in [-0.1, -0.05) is 13.3 Å². The Morgan fingerprint density at radius 3 is 2.58 bits per heavy atom. The summed E-state index contributed by atoms with van der Waals surface area (Å²) in [5.41, 5.74) is 1.37. The molecule has 0 aliphatic carbocycles. The number of ether oxygens (including phenoxy) is 1. The van der Waals surface area contributed by atoms with Crippen molar-refractivity contribution in [3.8, 4) is 5.75 Å². The van der Waals surface area contributed by atoms with Gasteiger partial charge in [-0.3, -0.25) is 4.79 Å². The molecule has 7 heteroatoms. The van der Waals surface area contributed by atoms with E-state index in [4.69, 9.17) is 9.15 Å². The van der Waals surface area contributed by atoms with Gasteiger partial charge in [-0.05, 0) is 43.5 Å². The highest BCUT2D eigenvalue weighted by atomic mass is 16.5. The first-order valence-corrected chi connectivity index (χ1v) is 8.39. The molecule has 140 valence electrons. The number of fused-ring (bicyclic) bond motifs is 1. The van der Waals surface area contributed by atoms with Gasteiger partial charge in [0.25, 0.3) is 0 Å². The Morgan fingerprint density at radius 2 is 2.00 bits per heavy atom. The second-order valence-corrected chi connectivity index (χ2v) is 6.24. The van der Waals surface area contributed by atoms with E-state index in [0.29, 0.717) is 28.7 Å². The number of rotatable bonds is 7. The van der Waals surface area contributed by atoms with Crippen molar-refractivity contribution in [3.63, 3.8) is 0 Å². The largest absolute Gasteiger partial charge is 0.548 e. The van der Waals surface area contributed by atoms with Crippen LogP contribution in [0.5, 0.6) is 5.75 Å². The third kappa shape index (κ3) is 4.04. The number of carbonyl (C=O) groups is 2. The molecule has 0 aliphatic heterocycles. The molecule has 2 aromatic rings. The smallest absolute Gasteiger partial charge is 0.340 e. The summed E-state index contributed by atoms with van der Waals surface area (Å²) in [7, 11) is 1.51. The second-order valence-electron chi connectivity index (χ2n) is 6.24. The Bertz CT molecular complexity index is 899. The van der Waals surface area contributed by atoms with Crippen LogP contribution in [0.4, 0.5) is 0 Å². The molecule has 0 fully saturated rings. The number of methoxy groups -OCH3 is 1. The number of amides is 1. The fraction of sp³-hybridized carbons (Fsp3) is 0.421. The summed E-state index contributed by atoms with van der Waals surface area (Å²) in [6.45, 7) is 5.37. The molecule has 7 nitrogen and oxygen atoms in total. The van der Waals surface area contributed by atoms with Gasteiger partial charge in [-0.15, -0.1) is 0 Å². The Labute approximate surface area is 151 Å². The number of carboxylic acid groups (broad SMARTS) is 1. The SMILES string of the molecule is CCC[C@@H](NC(=O)Cc1c(C)c2c(OC)cc(C)cc2oc1=O)C(=O)[O-]. The van der Waals surface area contributed by atoms with E-state index < -0.39 is 23.5 Å². The zero-order valence-electron chi connectivity index (χ0n) is 15.3. The Morgan fingerprint density at radius 1 is 1.31 bits per heavy atom. The zero-order valence-corrected chi connectivity index (χ0v) is 15.3. The van der Waals surface area contributed by atoms with Crippen molar-refractivity contribution >= 4 is 22.8 Å². The second kappa shape index (κ2) is 8.03. The number of carbonyl (C=O) groups excluding carboxylic acids is 2. The zero-order chi connectivity index (χ0) is 19.4. The van der Waals surface area contributed by atoms with E-state index >= 15 is 0 Å². The number of aryl methyl sites for hydroxylation is 2. The molecule has 1 aromatic carbocycles. The van der Waals surface area contributed by atoms with Gasteiger partial charge in [0.05, 0.1) is 36.5 Å². The average Bonchev–Trinajstić information content (AvgIpc) is 2.56. The molecule has 0 saturated carbocycles. The maximum atomic E-state index is 12.3. The molecular weight excluding hydrogens is 338 g/mol. The highest BCUT2D eigenvalue weighted by molar-refractivity contribution is 5.90. The number of carboxylic acids is 1. The molecule has 0 unspecified atom stereocenters. The van der Waals surface area contributed by atoms with E-state index in [0.717, 1.165) is 5.56 Å². The molecule has 0 bridgehead atoms. The van der Waals surface area contributed by atoms with Gasteiger partial charge in [0.1, 0.15) is 11.3 Å². The minimum Gasteiger partial charge on any atom is -0.548 e. The van der Waals surface area contributed by atoms with E-state index in [9.17, 15) is 19.5 Å². The first kappa shape index (κ1) is 19.5. The van der Waals surface area contributed by atoms with Crippen LogP contribution in [0, 0.1) is 13.8 Å². The lowest BCUT2D eigenvalue weighted by Crippen LogP contribution is -2.48. The summed E-state index contributed by atoms with van der Waals surface area (Å²) in [5, 5.41) is 14.1. The summed E-state index contributed by atoms with van der Waals surface area (Å²) in [5.74, 6) is -1.38. The summed E-state index contributed by atoms with van der Waals surface area (Å²) >= 11 is 0. The van der Waals surface area contributed by atoms with Crippen molar-refractivity contribution in [1.82, 2.24) is 5.32 Å². The summed E-state index contributed by atoms with van der Waals surface area (Å²) in [6.07, 6.45) is 0.549. The molecule has 26 heavy (non-hydrogen) atoms. The van der Waals surface area contributed by atoms with Gasteiger partial charge >= 0.3 is 5.63 Å². The molecule has 1 aromatic heterocycles. The van der Waals surface area contributed by atoms with Crippen LogP contribution in [0.1, 0.15) is 36.5 Å². The number of nitrogens with one attached hydrogen (secondary N) is 1. The van der Waals surface area contributed by atoms with Crippen LogP contribution in [0.2, 0.25) is 0 Å². The van der Waals surface area contributed by atoms with Crippen LogP contribution in [0.25, 0.3) is 11.0 Å². The summed E-state index contributed by atoms with van der Waals surface area (Å²) in [6, 6.07) is 2.45. The van der Waals surface area contributed by atoms with Crippen molar-refractivity contribution in [2.45, 2.75) is 46.1 Å². The third-order valence-electron chi connectivity index (χ3n) is 4.24. The quantitative estimate of drug-likeness (QED) is 0.738. The van der Waals surface area contributed by atoms with Gasteiger partial charge in [0, 0.05) is 0 Å². The molecule has 1 atom stereocenters. The fourth-order valence-electron chi connectivity index (χ4n) is 2.95. The maximum Gasteiger partial charge on any atom is 0.340 e. The summed E-state index contributed by atoms with van der Waals surface area (Å²) < 4.78 is 10.7. The van der Waals surface area contributed by atoms with Gasteiger partial charge < -0.3 is 24.4 Å². The van der Waals surface area contributed by atoms with Gasteiger partial charge in [0.2, 0.25) is 5.91 Å². The van der Waals surface area contributed by atoms with Crippen LogP contribution in [-0.4, -0.2) is 25.0 Å². The highest BCUT2D eigenvalue weighted by Crippen LogP contribution is 2.30. The van der Waals surface area contributed by atoms with Gasteiger partial charge in [-0.25, -0.2) is 4.79 Å². The van der Waals surface area contributed by atoms with Crippen molar-refractivity contribution in [2.75, 3.05) is 7.11 Å². The topological polar surface area (TPSA) is 109 Å². The molecule has 0 saturated heterocycles. The van der Waals surface area contributed by atoms with E-state index in [2.05, 4.69) is 5.32 Å². The van der Waals surface area contributed by atoms with Crippen LogP contribution in [-0.2, 0) is 16.0 Å². The normalized spacial score (nSPS) is 12.0. The molecule has 1 N–H and O–H groups in total. The molecule has 1 amide bonds. The highest BCUT2D eigenvalue weighted by Gasteiger charge is 2.19. The lowest BCUT2D eigenvalue weighted by molar-refractivity contribution is -0.308. The lowest BCUT2D eigenvalue weighted by Gasteiger charge is -2.19. The third-order valence-corrected chi connectivity index (χ3v) is 4.24. The Kier molecular flexibility index (Phi) is 6.02. The molecule has 2 rings (SSSR count). The van der Waals surface area contributed by atoms with Crippen LogP contribution < -0.4 is 20.8 Å². The van der Waals surface area contributed by atoms with Crippen molar-refractivity contribution in [2.24, 2.45) is 0 Å². The summed E-state index contributed by atoms with van der Waals surface area (Å²) in [4.78, 5) is 35.6. The molecule has 1 heterocycles. The van der Waals surface area contributed by atoms with Crippen molar-refractivity contribution in [3.05, 3.63) is 39.2 Å². The molecule has 0 aliphatic rings. The molecule has 0 radical (unpaired) electrons. The van der Waals surface area contributed by atoms with E-state index in [1.54, 1.807) is 19.9 Å². The number of hydrogen-bond donors (Lipinski definition) is 1. The van der Waals surface area contributed by atoms with E-state index in [1.165, 1.54) is 7.11 Å². The van der Waals surface area contributed by atoms with Crippen LogP contribution in [0.3, 0.4) is 0 Å². The predicted octanol–water partition coefficient (Wildman–Crippen LogP) is 0.996.